The van der Waals surface area contributed by atoms with Gasteiger partial charge in [-0.3, -0.25) is 4.79 Å². The van der Waals surface area contributed by atoms with Crippen molar-refractivity contribution in [3.05, 3.63) is 36.4 Å². The molecule has 1 heterocycles. The highest BCUT2D eigenvalue weighted by molar-refractivity contribution is 7.89. The molecule has 0 amide bonds. The Morgan fingerprint density at radius 2 is 1.61 bits per heavy atom. The zero-order chi connectivity index (χ0) is 20.7. The molecule has 1 aliphatic heterocycles. The first-order chi connectivity index (χ1) is 13.2. The summed E-state index contributed by atoms with van der Waals surface area (Å²) in [5.74, 6) is -1.19. The number of anilines is 1. The van der Waals surface area contributed by atoms with E-state index in [-0.39, 0.29) is 4.90 Å². The van der Waals surface area contributed by atoms with E-state index >= 15 is 0 Å². The van der Waals surface area contributed by atoms with Gasteiger partial charge >= 0.3 is 5.97 Å². The number of hydrogen-bond acceptors (Lipinski definition) is 5. The summed E-state index contributed by atoms with van der Waals surface area (Å²) in [5, 5.41) is 13.5. The number of hydrogen-bond donors (Lipinski definition) is 2. The standard InChI is InChI=1S/C15H18N2O4S.C5H11N/c1-16(2)13-8-4-7-12-11(13)6-5-9-14(12)22(20,21)17(3)10-15(18)19;1-2-4-6-5-3-1/h4-9H,10H2,1-3H3,(H,18,19);6H,1-5H2. The number of sulfonamides is 1. The molecule has 8 heteroatoms. The molecule has 2 aromatic rings. The van der Waals surface area contributed by atoms with E-state index < -0.39 is 22.5 Å². The van der Waals surface area contributed by atoms with E-state index in [1.165, 1.54) is 45.5 Å². The minimum atomic E-state index is -3.87. The van der Waals surface area contributed by atoms with Gasteiger partial charge in [-0.25, -0.2) is 8.42 Å². The lowest BCUT2D eigenvalue weighted by Crippen LogP contribution is -2.32. The summed E-state index contributed by atoms with van der Waals surface area (Å²) in [7, 11) is 1.16. The summed E-state index contributed by atoms with van der Waals surface area (Å²) in [4.78, 5) is 12.8. The van der Waals surface area contributed by atoms with Crippen LogP contribution in [0.1, 0.15) is 19.3 Å². The number of likely N-dealkylation sites (N-methyl/N-ethyl adjacent to an activating group) is 1. The van der Waals surface area contributed by atoms with Gasteiger partial charge in [-0.05, 0) is 38.1 Å². The fourth-order valence-corrected chi connectivity index (χ4v) is 4.45. The van der Waals surface area contributed by atoms with Gasteiger partial charge in [0.05, 0.1) is 4.90 Å². The monoisotopic (exact) mass is 407 g/mol. The van der Waals surface area contributed by atoms with E-state index in [4.69, 9.17) is 5.11 Å². The predicted octanol–water partition coefficient (Wildman–Crippen LogP) is 2.37. The smallest absolute Gasteiger partial charge is 0.318 e. The fraction of sp³-hybridized carbons (Fsp3) is 0.450. The molecule has 0 aliphatic carbocycles. The molecule has 3 rings (SSSR count). The molecule has 1 saturated heterocycles. The Hall–Kier alpha value is -2.16. The van der Waals surface area contributed by atoms with E-state index in [0.29, 0.717) is 5.39 Å². The Bertz CT molecular complexity index is 897. The second kappa shape index (κ2) is 9.86. The normalized spacial score (nSPS) is 14.4. The maximum absolute atomic E-state index is 12.6. The summed E-state index contributed by atoms with van der Waals surface area (Å²) >= 11 is 0. The molecule has 154 valence electrons. The first kappa shape index (κ1) is 22.1. The zero-order valence-electron chi connectivity index (χ0n) is 16.7. The molecular weight excluding hydrogens is 378 g/mol. The quantitative estimate of drug-likeness (QED) is 0.791. The average molecular weight is 408 g/mol. The third kappa shape index (κ3) is 5.43. The molecule has 1 aliphatic rings. The minimum Gasteiger partial charge on any atom is -0.480 e. The Kier molecular flexibility index (Phi) is 7.79. The van der Waals surface area contributed by atoms with Crippen molar-refractivity contribution in [3.63, 3.8) is 0 Å². The van der Waals surface area contributed by atoms with E-state index in [1.54, 1.807) is 18.2 Å². The van der Waals surface area contributed by atoms with E-state index in [1.807, 2.05) is 31.1 Å². The van der Waals surface area contributed by atoms with Gasteiger partial charge in [0, 0.05) is 37.6 Å². The van der Waals surface area contributed by atoms with Crippen molar-refractivity contribution < 1.29 is 18.3 Å². The van der Waals surface area contributed by atoms with Crippen LogP contribution in [0.5, 0.6) is 0 Å². The molecule has 0 unspecified atom stereocenters. The lowest BCUT2D eigenvalue weighted by molar-refractivity contribution is -0.137. The highest BCUT2D eigenvalue weighted by Gasteiger charge is 2.25. The highest BCUT2D eigenvalue weighted by atomic mass is 32.2. The lowest BCUT2D eigenvalue weighted by Gasteiger charge is -2.19. The van der Waals surface area contributed by atoms with Crippen LogP contribution in [0.15, 0.2) is 41.3 Å². The lowest BCUT2D eigenvalue weighted by atomic mass is 10.1. The maximum atomic E-state index is 12.6. The molecule has 7 nitrogen and oxygen atoms in total. The van der Waals surface area contributed by atoms with Gasteiger partial charge in [0.25, 0.3) is 0 Å². The zero-order valence-corrected chi connectivity index (χ0v) is 17.5. The Balaban J connectivity index is 0.000000397. The summed E-state index contributed by atoms with van der Waals surface area (Å²) in [5.41, 5.74) is 0.899. The van der Waals surface area contributed by atoms with Crippen molar-refractivity contribution in [1.82, 2.24) is 9.62 Å². The second-order valence-electron chi connectivity index (χ2n) is 6.99. The van der Waals surface area contributed by atoms with Gasteiger partial charge in [-0.15, -0.1) is 0 Å². The SMILES string of the molecule is C1CCNCC1.CN(C)c1cccc2c(S(=O)(=O)N(C)CC(=O)O)cccc12. The number of nitrogens with zero attached hydrogens (tertiary/aromatic N) is 2. The molecule has 1 fully saturated rings. The van der Waals surface area contributed by atoms with Crippen LogP contribution in [0, 0.1) is 0 Å². The van der Waals surface area contributed by atoms with E-state index in [2.05, 4.69) is 5.32 Å². The Morgan fingerprint density at radius 3 is 2.11 bits per heavy atom. The third-order valence-corrected chi connectivity index (χ3v) is 6.46. The molecule has 2 N–H and O–H groups in total. The van der Waals surface area contributed by atoms with Crippen LogP contribution in [-0.2, 0) is 14.8 Å². The first-order valence-corrected chi connectivity index (χ1v) is 10.8. The van der Waals surface area contributed by atoms with Crippen molar-refractivity contribution in [3.8, 4) is 0 Å². The molecule has 0 aromatic heterocycles. The van der Waals surface area contributed by atoms with Crippen LogP contribution >= 0.6 is 0 Å². The summed E-state index contributed by atoms with van der Waals surface area (Å²) in [6, 6.07) is 10.4. The molecular formula is C20H29N3O4S. The molecule has 0 spiro atoms. The van der Waals surface area contributed by atoms with E-state index in [0.717, 1.165) is 15.4 Å². The number of carboxylic acids is 1. The van der Waals surface area contributed by atoms with Crippen LogP contribution < -0.4 is 10.2 Å². The molecule has 28 heavy (non-hydrogen) atoms. The number of benzene rings is 2. The molecule has 0 radical (unpaired) electrons. The number of carbonyl (C=O) groups is 1. The van der Waals surface area contributed by atoms with Gasteiger partial charge in [0.15, 0.2) is 0 Å². The van der Waals surface area contributed by atoms with Crippen molar-refractivity contribution in [2.24, 2.45) is 0 Å². The Labute approximate surface area is 167 Å². The summed E-state index contributed by atoms with van der Waals surface area (Å²) < 4.78 is 26.1. The largest absolute Gasteiger partial charge is 0.480 e. The van der Waals surface area contributed by atoms with Crippen LogP contribution in [-0.4, -0.2) is 64.6 Å². The van der Waals surface area contributed by atoms with Crippen LogP contribution in [0.4, 0.5) is 5.69 Å². The van der Waals surface area contributed by atoms with Crippen LogP contribution in [0.25, 0.3) is 10.8 Å². The van der Waals surface area contributed by atoms with Gasteiger partial charge < -0.3 is 15.3 Å². The summed E-state index contributed by atoms with van der Waals surface area (Å²) in [6.45, 7) is 1.92. The first-order valence-electron chi connectivity index (χ1n) is 9.33. The van der Waals surface area contributed by atoms with Crippen LogP contribution in [0.2, 0.25) is 0 Å². The van der Waals surface area contributed by atoms with Crippen molar-refractivity contribution in [2.45, 2.75) is 24.2 Å². The van der Waals surface area contributed by atoms with Crippen molar-refractivity contribution in [2.75, 3.05) is 45.7 Å². The summed E-state index contributed by atoms with van der Waals surface area (Å²) in [6.07, 6.45) is 4.22. The molecule has 0 atom stereocenters. The minimum absolute atomic E-state index is 0.109. The second-order valence-corrected chi connectivity index (χ2v) is 9.00. The molecule has 0 bridgehead atoms. The predicted molar refractivity (Wildman–Crippen MR) is 112 cm³/mol. The van der Waals surface area contributed by atoms with Crippen molar-refractivity contribution in [1.29, 1.82) is 0 Å². The molecule has 2 aromatic carbocycles. The maximum Gasteiger partial charge on any atom is 0.318 e. The number of carboxylic acid groups (broad SMARTS) is 1. The van der Waals surface area contributed by atoms with Gasteiger partial charge in [0.1, 0.15) is 6.54 Å². The highest BCUT2D eigenvalue weighted by Crippen LogP contribution is 2.31. The van der Waals surface area contributed by atoms with Gasteiger partial charge in [-0.1, -0.05) is 30.7 Å². The third-order valence-electron chi connectivity index (χ3n) is 4.59. The van der Waals surface area contributed by atoms with Crippen molar-refractivity contribution >= 4 is 32.5 Å². The molecule has 0 saturated carbocycles. The number of rotatable bonds is 5. The van der Waals surface area contributed by atoms with Gasteiger partial charge in [-0.2, -0.15) is 4.31 Å². The topological polar surface area (TPSA) is 90.0 Å². The van der Waals surface area contributed by atoms with E-state index in [9.17, 15) is 13.2 Å². The van der Waals surface area contributed by atoms with Gasteiger partial charge in [0.2, 0.25) is 10.0 Å². The number of fused-ring (bicyclic) bond motifs is 1. The number of aliphatic carboxylic acids is 1. The number of nitrogens with one attached hydrogen (secondary N) is 1. The number of piperidine rings is 1. The Morgan fingerprint density at radius 1 is 1.00 bits per heavy atom. The average Bonchev–Trinajstić information content (AvgIpc) is 2.68. The fourth-order valence-electron chi connectivity index (χ4n) is 3.12. The van der Waals surface area contributed by atoms with Crippen LogP contribution in [0.3, 0.4) is 0 Å².